The van der Waals surface area contributed by atoms with Crippen LogP contribution in [0.3, 0.4) is 0 Å². The Labute approximate surface area is 176 Å². The molecule has 1 aliphatic heterocycles. The lowest BCUT2D eigenvalue weighted by Crippen LogP contribution is -2.62. The maximum Gasteiger partial charge on any atom is 0.425 e. The molecule has 3 rings (SSSR count). The van der Waals surface area contributed by atoms with Crippen molar-refractivity contribution < 1.29 is 22.8 Å². The van der Waals surface area contributed by atoms with Crippen LogP contribution in [0.15, 0.2) is 9.59 Å². The predicted molar refractivity (Wildman–Crippen MR) is 107 cm³/mol. The standard InChI is InChI=1S/C20H27F3N4O4/c1-18(2,3)27-14-13(15(29)25-17(27)31)19(16(30)24-14,20(21,22)23)26-12(28)10-9-11-7-5-4-6-8-11/h11H,4-10H2,1-3H3,(H,24,30)(H,26,28)(H,25,29,31)/t19-/m1/s1. The van der Waals surface area contributed by atoms with E-state index in [1.807, 2.05) is 10.3 Å². The van der Waals surface area contributed by atoms with Gasteiger partial charge in [-0.2, -0.15) is 13.2 Å². The first-order valence-corrected chi connectivity index (χ1v) is 10.4. The number of hydrogen-bond acceptors (Lipinski definition) is 4. The molecule has 0 aromatic carbocycles. The largest absolute Gasteiger partial charge is 0.425 e. The number of fused-ring (bicyclic) bond motifs is 1. The number of amides is 2. The van der Waals surface area contributed by atoms with Crippen LogP contribution in [0.1, 0.15) is 71.3 Å². The van der Waals surface area contributed by atoms with E-state index in [9.17, 15) is 32.3 Å². The molecule has 0 unspecified atom stereocenters. The van der Waals surface area contributed by atoms with E-state index < -0.39 is 51.7 Å². The van der Waals surface area contributed by atoms with Gasteiger partial charge in [-0.25, -0.2) is 4.79 Å². The number of nitrogens with zero attached hydrogens (tertiary/aromatic N) is 1. The van der Waals surface area contributed by atoms with E-state index in [1.54, 1.807) is 5.32 Å². The van der Waals surface area contributed by atoms with Crippen molar-refractivity contribution in [3.05, 3.63) is 26.4 Å². The summed E-state index contributed by atoms with van der Waals surface area (Å²) in [5.74, 6) is -2.90. The van der Waals surface area contributed by atoms with Crippen LogP contribution >= 0.6 is 0 Å². The zero-order valence-corrected chi connectivity index (χ0v) is 17.7. The fourth-order valence-corrected chi connectivity index (χ4v) is 4.50. The Kier molecular flexibility index (Phi) is 5.83. The number of nitrogens with one attached hydrogen (secondary N) is 3. The van der Waals surface area contributed by atoms with Gasteiger partial charge in [0.1, 0.15) is 11.4 Å². The molecule has 1 fully saturated rings. The van der Waals surface area contributed by atoms with Gasteiger partial charge >= 0.3 is 11.9 Å². The van der Waals surface area contributed by atoms with Gasteiger partial charge in [0.05, 0.1) is 0 Å². The highest BCUT2D eigenvalue weighted by atomic mass is 19.4. The maximum absolute atomic E-state index is 14.3. The number of H-pyrrole nitrogens is 1. The summed E-state index contributed by atoms with van der Waals surface area (Å²) in [5, 5.41) is 3.84. The van der Waals surface area contributed by atoms with Crippen LogP contribution < -0.4 is 21.9 Å². The molecule has 11 heteroatoms. The molecule has 0 saturated heterocycles. The minimum absolute atomic E-state index is 0.193. The number of alkyl halides is 3. The topological polar surface area (TPSA) is 113 Å². The highest BCUT2D eigenvalue weighted by Crippen LogP contribution is 2.45. The maximum atomic E-state index is 14.3. The zero-order valence-electron chi connectivity index (χ0n) is 17.7. The monoisotopic (exact) mass is 444 g/mol. The van der Waals surface area contributed by atoms with Crippen molar-refractivity contribution in [2.24, 2.45) is 5.92 Å². The molecule has 8 nitrogen and oxygen atoms in total. The summed E-state index contributed by atoms with van der Waals surface area (Å²) in [6, 6.07) is 0. The lowest BCUT2D eigenvalue weighted by molar-refractivity contribution is -0.200. The van der Waals surface area contributed by atoms with E-state index in [0.717, 1.165) is 36.7 Å². The van der Waals surface area contributed by atoms with Gasteiger partial charge in [0, 0.05) is 12.0 Å². The normalized spacial score (nSPS) is 22.2. The van der Waals surface area contributed by atoms with Crippen molar-refractivity contribution in [3.8, 4) is 0 Å². The van der Waals surface area contributed by atoms with Crippen LogP contribution in [-0.4, -0.2) is 27.5 Å². The molecule has 1 aromatic heterocycles. The van der Waals surface area contributed by atoms with Gasteiger partial charge in [-0.15, -0.1) is 0 Å². The van der Waals surface area contributed by atoms with Crippen LogP contribution in [0, 0.1) is 5.92 Å². The third-order valence-electron chi connectivity index (χ3n) is 5.99. The van der Waals surface area contributed by atoms with E-state index in [-0.39, 0.29) is 12.3 Å². The van der Waals surface area contributed by atoms with Crippen molar-refractivity contribution >= 4 is 17.6 Å². The van der Waals surface area contributed by atoms with Gasteiger partial charge in [-0.05, 0) is 33.1 Å². The Morgan fingerprint density at radius 3 is 2.29 bits per heavy atom. The van der Waals surface area contributed by atoms with Crippen LogP contribution in [0.4, 0.5) is 19.0 Å². The number of rotatable bonds is 4. The molecule has 0 spiro atoms. The predicted octanol–water partition coefficient (Wildman–Crippen LogP) is 2.48. The summed E-state index contributed by atoms with van der Waals surface area (Å²) >= 11 is 0. The molecular formula is C20H27F3N4O4. The summed E-state index contributed by atoms with van der Waals surface area (Å²) in [6.45, 7) is 4.61. The molecule has 172 valence electrons. The number of halogens is 3. The molecule has 2 aliphatic rings. The third kappa shape index (κ3) is 4.01. The average molecular weight is 444 g/mol. The molecule has 0 bridgehead atoms. The van der Waals surface area contributed by atoms with Gasteiger partial charge in [0.2, 0.25) is 11.4 Å². The van der Waals surface area contributed by atoms with Gasteiger partial charge < -0.3 is 10.6 Å². The van der Waals surface area contributed by atoms with Gasteiger partial charge in [-0.3, -0.25) is 23.9 Å². The molecule has 2 heterocycles. The smallest absolute Gasteiger partial charge is 0.330 e. The second-order valence-electron chi connectivity index (χ2n) is 9.28. The van der Waals surface area contributed by atoms with E-state index in [4.69, 9.17) is 0 Å². The minimum Gasteiger partial charge on any atom is -0.330 e. The van der Waals surface area contributed by atoms with Crippen molar-refractivity contribution in [2.75, 3.05) is 5.32 Å². The van der Waals surface area contributed by atoms with Crippen molar-refractivity contribution in [1.29, 1.82) is 0 Å². The van der Waals surface area contributed by atoms with Crippen LogP contribution in [0.2, 0.25) is 0 Å². The molecule has 1 saturated carbocycles. The summed E-state index contributed by atoms with van der Waals surface area (Å²) in [4.78, 5) is 51.9. The zero-order chi connectivity index (χ0) is 23.2. The number of hydrogen-bond donors (Lipinski definition) is 3. The molecule has 3 N–H and O–H groups in total. The molecular weight excluding hydrogens is 417 g/mol. The summed E-state index contributed by atoms with van der Waals surface area (Å²) in [6.07, 6.45) is -0.112. The average Bonchev–Trinajstić information content (AvgIpc) is 2.92. The number of aromatic amines is 1. The summed E-state index contributed by atoms with van der Waals surface area (Å²) in [5.41, 5.74) is -7.97. The molecule has 1 aromatic rings. The fraction of sp³-hybridized carbons (Fsp3) is 0.700. The first kappa shape index (κ1) is 23.1. The number of carbonyl (C=O) groups is 2. The van der Waals surface area contributed by atoms with E-state index in [2.05, 4.69) is 0 Å². The van der Waals surface area contributed by atoms with Gasteiger partial charge in [0.25, 0.3) is 11.5 Å². The molecule has 1 atom stereocenters. The summed E-state index contributed by atoms with van der Waals surface area (Å²) < 4.78 is 43.8. The number of aromatic nitrogens is 2. The second kappa shape index (κ2) is 7.83. The van der Waals surface area contributed by atoms with Crippen LogP contribution in [-0.2, 0) is 20.7 Å². The first-order chi connectivity index (χ1) is 14.3. The quantitative estimate of drug-likeness (QED) is 0.662. The number of carbonyl (C=O) groups excluding carboxylic acids is 2. The van der Waals surface area contributed by atoms with Crippen molar-refractivity contribution in [1.82, 2.24) is 14.9 Å². The van der Waals surface area contributed by atoms with E-state index in [1.165, 1.54) is 20.8 Å². The molecule has 2 amide bonds. The van der Waals surface area contributed by atoms with Crippen LogP contribution in [0.25, 0.3) is 0 Å². The molecule has 31 heavy (non-hydrogen) atoms. The Hall–Kier alpha value is -2.59. The van der Waals surface area contributed by atoms with Crippen LogP contribution in [0.5, 0.6) is 0 Å². The van der Waals surface area contributed by atoms with E-state index >= 15 is 0 Å². The second-order valence-corrected chi connectivity index (χ2v) is 9.28. The fourth-order valence-electron chi connectivity index (χ4n) is 4.50. The molecule has 1 aliphatic carbocycles. The minimum atomic E-state index is -5.31. The van der Waals surface area contributed by atoms with Crippen molar-refractivity contribution in [2.45, 2.75) is 83.0 Å². The van der Waals surface area contributed by atoms with Crippen molar-refractivity contribution in [3.63, 3.8) is 0 Å². The Morgan fingerprint density at radius 2 is 1.74 bits per heavy atom. The Morgan fingerprint density at radius 1 is 1.13 bits per heavy atom. The molecule has 0 radical (unpaired) electrons. The lowest BCUT2D eigenvalue weighted by Gasteiger charge is -2.31. The van der Waals surface area contributed by atoms with E-state index in [0.29, 0.717) is 6.42 Å². The highest BCUT2D eigenvalue weighted by Gasteiger charge is 2.68. The third-order valence-corrected chi connectivity index (χ3v) is 5.99. The number of anilines is 1. The SMILES string of the molecule is CC(C)(C)n1c2c(c(=O)[nH]c1=O)[C@](NC(=O)CCC1CCCCC1)(C(F)(F)F)C(=O)N2. The lowest BCUT2D eigenvalue weighted by atomic mass is 9.85. The highest BCUT2D eigenvalue weighted by molar-refractivity contribution is 6.07. The summed E-state index contributed by atoms with van der Waals surface area (Å²) in [7, 11) is 0. The van der Waals surface area contributed by atoms with Gasteiger partial charge in [0.15, 0.2) is 0 Å². The Balaban J connectivity index is 2.04. The van der Waals surface area contributed by atoms with Gasteiger partial charge in [-0.1, -0.05) is 32.1 Å². The Bertz CT molecular complexity index is 1000. The first-order valence-electron chi connectivity index (χ1n) is 10.4.